The lowest BCUT2D eigenvalue weighted by atomic mass is 10.2. The number of rotatable bonds is 6. The smallest absolute Gasteiger partial charge is 0.237 e. The number of hydrogen-bond donors (Lipinski definition) is 0. The fourth-order valence-corrected chi connectivity index (χ4v) is 1.73. The summed E-state index contributed by atoms with van der Waals surface area (Å²) in [6.45, 7) is 2.94. The molecule has 0 unspecified atom stereocenters. The summed E-state index contributed by atoms with van der Waals surface area (Å²) in [7, 11) is 3.32. The van der Waals surface area contributed by atoms with Crippen molar-refractivity contribution in [3.05, 3.63) is 23.8 Å². The van der Waals surface area contributed by atoms with Crippen molar-refractivity contribution in [2.75, 3.05) is 26.6 Å². The Morgan fingerprint density at radius 2 is 2.17 bits per heavy atom. The number of nitrogens with zero attached hydrogens (tertiary/aromatic N) is 1. The molecule has 0 saturated heterocycles. The Labute approximate surface area is 112 Å². The van der Waals surface area contributed by atoms with Crippen LogP contribution in [0.1, 0.15) is 12.5 Å². The molecule has 0 radical (unpaired) electrons. The topological polar surface area (TPSA) is 38.8 Å². The molecule has 0 aliphatic carbocycles. The molecule has 0 aliphatic heterocycles. The van der Waals surface area contributed by atoms with Gasteiger partial charge in [-0.2, -0.15) is 0 Å². The van der Waals surface area contributed by atoms with E-state index in [2.05, 4.69) is 0 Å². The van der Waals surface area contributed by atoms with E-state index < -0.39 is 0 Å². The van der Waals surface area contributed by atoms with Gasteiger partial charge in [-0.15, -0.1) is 11.6 Å². The highest BCUT2D eigenvalue weighted by Crippen LogP contribution is 2.25. The highest BCUT2D eigenvalue weighted by molar-refractivity contribution is 6.27. The molecule has 0 spiro atoms. The average Bonchev–Trinajstić information content (AvgIpc) is 2.39. The minimum Gasteiger partial charge on any atom is -0.497 e. The Kier molecular flexibility index (Phi) is 5.78. The lowest BCUT2D eigenvalue weighted by Crippen LogP contribution is -2.27. The zero-order chi connectivity index (χ0) is 13.5. The van der Waals surface area contributed by atoms with Crippen LogP contribution in [0.5, 0.6) is 11.5 Å². The van der Waals surface area contributed by atoms with E-state index in [1.54, 1.807) is 19.1 Å². The van der Waals surface area contributed by atoms with Crippen LogP contribution in [0.3, 0.4) is 0 Å². The number of carbonyl (C=O) groups excluding carboxylic acids is 1. The second-order valence-electron chi connectivity index (χ2n) is 3.79. The molecule has 0 aromatic heterocycles. The van der Waals surface area contributed by atoms with E-state index in [9.17, 15) is 4.79 Å². The molecule has 0 bridgehead atoms. The van der Waals surface area contributed by atoms with Gasteiger partial charge in [-0.25, -0.2) is 0 Å². The van der Waals surface area contributed by atoms with Gasteiger partial charge < -0.3 is 14.4 Å². The maximum Gasteiger partial charge on any atom is 0.237 e. The van der Waals surface area contributed by atoms with E-state index in [0.717, 1.165) is 17.1 Å². The lowest BCUT2D eigenvalue weighted by Gasteiger charge is -2.18. The maximum absolute atomic E-state index is 11.4. The summed E-state index contributed by atoms with van der Waals surface area (Å²) in [5.74, 6) is 1.32. The molecular weight excluding hydrogens is 254 g/mol. The van der Waals surface area contributed by atoms with Crippen LogP contribution in [0, 0.1) is 0 Å². The van der Waals surface area contributed by atoms with Crippen LogP contribution in [0.4, 0.5) is 0 Å². The number of halogens is 1. The van der Waals surface area contributed by atoms with Gasteiger partial charge in [0.15, 0.2) is 0 Å². The van der Waals surface area contributed by atoms with Gasteiger partial charge in [-0.1, -0.05) is 0 Å². The quantitative estimate of drug-likeness (QED) is 0.745. The van der Waals surface area contributed by atoms with E-state index in [1.165, 1.54) is 0 Å². The number of carbonyl (C=O) groups is 1. The number of methoxy groups -OCH3 is 1. The van der Waals surface area contributed by atoms with Gasteiger partial charge in [0.25, 0.3) is 0 Å². The van der Waals surface area contributed by atoms with E-state index in [-0.39, 0.29) is 11.8 Å². The number of benzene rings is 1. The Morgan fingerprint density at radius 3 is 2.72 bits per heavy atom. The predicted molar refractivity (Wildman–Crippen MR) is 71.4 cm³/mol. The van der Waals surface area contributed by atoms with Gasteiger partial charge in [0.05, 0.1) is 13.7 Å². The van der Waals surface area contributed by atoms with Crippen molar-refractivity contribution in [3.8, 4) is 11.5 Å². The number of alkyl halides is 1. The second-order valence-corrected chi connectivity index (χ2v) is 4.06. The molecular formula is C13H18ClNO3. The third kappa shape index (κ3) is 3.81. The summed E-state index contributed by atoms with van der Waals surface area (Å²) in [5, 5.41) is 0. The summed E-state index contributed by atoms with van der Waals surface area (Å²) in [5.41, 5.74) is 0.929. The van der Waals surface area contributed by atoms with E-state index in [0.29, 0.717) is 13.2 Å². The Bertz CT molecular complexity index is 409. The summed E-state index contributed by atoms with van der Waals surface area (Å²) >= 11 is 5.52. The fourth-order valence-electron chi connectivity index (χ4n) is 1.53. The molecule has 4 nitrogen and oxygen atoms in total. The third-order valence-corrected chi connectivity index (χ3v) is 2.75. The van der Waals surface area contributed by atoms with Gasteiger partial charge in [0.2, 0.25) is 5.91 Å². The molecule has 0 saturated carbocycles. The minimum absolute atomic E-state index is 0.0172. The van der Waals surface area contributed by atoms with Gasteiger partial charge in [0.1, 0.15) is 17.4 Å². The van der Waals surface area contributed by atoms with Gasteiger partial charge in [0, 0.05) is 25.2 Å². The highest BCUT2D eigenvalue weighted by atomic mass is 35.5. The molecule has 0 atom stereocenters. The van der Waals surface area contributed by atoms with Crippen molar-refractivity contribution < 1.29 is 14.3 Å². The van der Waals surface area contributed by atoms with Crippen LogP contribution in [0.25, 0.3) is 0 Å². The van der Waals surface area contributed by atoms with Crippen LogP contribution in [-0.4, -0.2) is 37.5 Å². The largest absolute Gasteiger partial charge is 0.497 e. The van der Waals surface area contributed by atoms with Crippen molar-refractivity contribution in [1.29, 1.82) is 0 Å². The first-order valence-electron chi connectivity index (χ1n) is 5.72. The molecule has 1 rings (SSSR count). The summed E-state index contributed by atoms with van der Waals surface area (Å²) in [6, 6.07) is 5.55. The average molecular weight is 272 g/mol. The number of ether oxygens (including phenoxy) is 2. The van der Waals surface area contributed by atoms with Crippen molar-refractivity contribution in [1.82, 2.24) is 4.90 Å². The van der Waals surface area contributed by atoms with Gasteiger partial charge in [-0.3, -0.25) is 4.79 Å². The zero-order valence-electron chi connectivity index (χ0n) is 10.9. The van der Waals surface area contributed by atoms with E-state index in [1.807, 2.05) is 25.1 Å². The highest BCUT2D eigenvalue weighted by Gasteiger charge is 2.12. The Balaban J connectivity index is 2.89. The molecule has 0 fully saturated rings. The molecule has 0 heterocycles. The Hall–Kier alpha value is -1.42. The monoisotopic (exact) mass is 271 g/mol. The predicted octanol–water partition coefficient (Wildman–Crippen LogP) is 2.29. The first-order chi connectivity index (χ1) is 8.62. The van der Waals surface area contributed by atoms with Crippen LogP contribution < -0.4 is 9.47 Å². The van der Waals surface area contributed by atoms with Crippen LogP contribution >= 0.6 is 11.6 Å². The third-order valence-electron chi connectivity index (χ3n) is 2.52. The van der Waals surface area contributed by atoms with Gasteiger partial charge in [-0.05, 0) is 19.1 Å². The molecule has 18 heavy (non-hydrogen) atoms. The molecule has 1 amide bonds. The number of hydrogen-bond acceptors (Lipinski definition) is 3. The SMILES string of the molecule is CCOc1cc(OC)ccc1CN(C)C(=O)CCl. The standard InChI is InChI=1S/C13H18ClNO3/c1-4-18-12-7-11(17-3)6-5-10(12)9-15(2)13(16)8-14/h5-7H,4,8-9H2,1-3H3. The van der Waals surface area contributed by atoms with E-state index >= 15 is 0 Å². The van der Waals surface area contributed by atoms with Crippen molar-refractivity contribution in [2.45, 2.75) is 13.5 Å². The van der Waals surface area contributed by atoms with Crippen molar-refractivity contribution >= 4 is 17.5 Å². The first-order valence-corrected chi connectivity index (χ1v) is 6.25. The van der Waals surface area contributed by atoms with E-state index in [4.69, 9.17) is 21.1 Å². The molecule has 1 aromatic carbocycles. The maximum atomic E-state index is 11.4. The van der Waals surface area contributed by atoms with Gasteiger partial charge >= 0.3 is 0 Å². The molecule has 0 N–H and O–H groups in total. The molecule has 100 valence electrons. The van der Waals surface area contributed by atoms with Crippen LogP contribution in [0.2, 0.25) is 0 Å². The summed E-state index contributed by atoms with van der Waals surface area (Å²) < 4.78 is 10.7. The first kappa shape index (κ1) is 14.6. The fraction of sp³-hybridized carbons (Fsp3) is 0.462. The zero-order valence-corrected chi connectivity index (χ0v) is 11.7. The number of amides is 1. The van der Waals surface area contributed by atoms with Crippen LogP contribution in [-0.2, 0) is 11.3 Å². The minimum atomic E-state index is -0.116. The lowest BCUT2D eigenvalue weighted by molar-refractivity contribution is -0.127. The van der Waals surface area contributed by atoms with Crippen molar-refractivity contribution in [3.63, 3.8) is 0 Å². The summed E-state index contributed by atoms with van der Waals surface area (Å²) in [4.78, 5) is 13.0. The molecule has 5 heteroatoms. The Morgan fingerprint density at radius 1 is 1.44 bits per heavy atom. The molecule has 0 aliphatic rings. The van der Waals surface area contributed by atoms with Crippen molar-refractivity contribution in [2.24, 2.45) is 0 Å². The van der Waals surface area contributed by atoms with Crippen LogP contribution in [0.15, 0.2) is 18.2 Å². The molecule has 1 aromatic rings. The normalized spacial score (nSPS) is 10.0. The second kappa shape index (κ2) is 7.11. The summed E-state index contributed by atoms with van der Waals surface area (Å²) in [6.07, 6.45) is 0.